The zero-order valence-corrected chi connectivity index (χ0v) is 10.3. The lowest BCUT2D eigenvalue weighted by atomic mass is 10.4. The van der Waals surface area contributed by atoms with E-state index in [2.05, 4.69) is 24.2 Å². The SMILES string of the molecule is N#COc1cccc(Oc2cccnc2OP)n1. The largest absolute Gasteiger partial charge is 0.461 e. The molecule has 7 heteroatoms. The second-order valence-corrected chi connectivity index (χ2v) is 3.27. The summed E-state index contributed by atoms with van der Waals surface area (Å²) in [6.07, 6.45) is 3.12. The van der Waals surface area contributed by atoms with Crippen molar-refractivity contribution in [3.05, 3.63) is 36.5 Å². The number of hydrogen-bond acceptors (Lipinski definition) is 6. The number of aromatic nitrogens is 2. The number of nitriles is 1. The van der Waals surface area contributed by atoms with Gasteiger partial charge in [-0.15, -0.1) is 5.26 Å². The third kappa shape index (κ3) is 2.84. The first-order chi connectivity index (χ1) is 8.83. The van der Waals surface area contributed by atoms with E-state index in [0.717, 1.165) is 0 Å². The van der Waals surface area contributed by atoms with Gasteiger partial charge in [-0.2, -0.15) is 4.98 Å². The van der Waals surface area contributed by atoms with Crippen molar-refractivity contribution in [3.63, 3.8) is 0 Å². The van der Waals surface area contributed by atoms with Crippen LogP contribution in [0.1, 0.15) is 0 Å². The molecule has 0 radical (unpaired) electrons. The molecule has 0 saturated heterocycles. The van der Waals surface area contributed by atoms with E-state index < -0.39 is 0 Å². The maximum absolute atomic E-state index is 8.40. The van der Waals surface area contributed by atoms with Crippen LogP contribution in [0.2, 0.25) is 0 Å². The Bertz CT molecular complexity index is 586. The van der Waals surface area contributed by atoms with Gasteiger partial charge in [-0.05, 0) is 12.1 Å². The van der Waals surface area contributed by atoms with Crippen molar-refractivity contribution in [1.29, 1.82) is 5.26 Å². The molecule has 0 N–H and O–H groups in total. The Morgan fingerprint density at radius 2 is 2.00 bits per heavy atom. The predicted octanol–water partition coefficient (Wildman–Crippen LogP) is 2.30. The van der Waals surface area contributed by atoms with Crippen molar-refractivity contribution in [1.82, 2.24) is 9.97 Å². The number of rotatable bonds is 4. The number of ether oxygens (including phenoxy) is 2. The van der Waals surface area contributed by atoms with Crippen LogP contribution in [0.25, 0.3) is 0 Å². The van der Waals surface area contributed by atoms with Crippen molar-refractivity contribution < 1.29 is 14.0 Å². The summed E-state index contributed by atoms with van der Waals surface area (Å²) in [7, 11) is 2.09. The molecule has 2 heterocycles. The zero-order valence-electron chi connectivity index (χ0n) is 9.11. The lowest BCUT2D eigenvalue weighted by Crippen LogP contribution is -1.93. The van der Waals surface area contributed by atoms with Crippen LogP contribution in [-0.4, -0.2) is 9.97 Å². The van der Waals surface area contributed by atoms with E-state index in [1.807, 2.05) is 0 Å². The minimum Gasteiger partial charge on any atom is -0.461 e. The van der Waals surface area contributed by atoms with Crippen LogP contribution in [0.5, 0.6) is 23.4 Å². The Balaban J connectivity index is 2.23. The van der Waals surface area contributed by atoms with E-state index in [-0.39, 0.29) is 11.8 Å². The highest BCUT2D eigenvalue weighted by Gasteiger charge is 2.07. The van der Waals surface area contributed by atoms with Crippen molar-refractivity contribution in [3.8, 4) is 29.6 Å². The fraction of sp³-hybridized carbons (Fsp3) is 0. The van der Waals surface area contributed by atoms with Gasteiger partial charge in [0, 0.05) is 18.3 Å². The molecule has 90 valence electrons. The van der Waals surface area contributed by atoms with Gasteiger partial charge in [-0.25, -0.2) is 4.98 Å². The minimum atomic E-state index is 0.159. The Morgan fingerprint density at radius 1 is 1.17 bits per heavy atom. The lowest BCUT2D eigenvalue weighted by Gasteiger charge is -2.07. The van der Waals surface area contributed by atoms with Crippen LogP contribution in [0.4, 0.5) is 0 Å². The highest BCUT2D eigenvalue weighted by atomic mass is 31.0. The molecule has 6 nitrogen and oxygen atoms in total. The lowest BCUT2D eigenvalue weighted by molar-refractivity contribution is 0.419. The molecule has 2 aromatic heterocycles. The van der Waals surface area contributed by atoms with E-state index in [1.54, 1.807) is 36.5 Å². The molecule has 0 aliphatic heterocycles. The smallest absolute Gasteiger partial charge is 0.293 e. The Morgan fingerprint density at radius 3 is 2.78 bits per heavy atom. The summed E-state index contributed by atoms with van der Waals surface area (Å²) >= 11 is 0. The predicted molar refractivity (Wildman–Crippen MR) is 65.1 cm³/mol. The topological polar surface area (TPSA) is 77.3 Å². The van der Waals surface area contributed by atoms with E-state index in [4.69, 9.17) is 14.5 Å². The summed E-state index contributed by atoms with van der Waals surface area (Å²) < 4.78 is 15.1. The summed E-state index contributed by atoms with van der Waals surface area (Å²) in [5.74, 6) is 1.16. The monoisotopic (exact) mass is 261 g/mol. The van der Waals surface area contributed by atoms with E-state index in [9.17, 15) is 0 Å². The number of nitrogens with zero attached hydrogens (tertiary/aromatic N) is 3. The normalized spacial score (nSPS) is 9.33. The summed E-state index contributed by atoms with van der Waals surface area (Å²) in [5.41, 5.74) is 0. The average molecular weight is 261 g/mol. The fourth-order valence-corrected chi connectivity index (χ4v) is 1.39. The van der Waals surface area contributed by atoms with Gasteiger partial charge in [-0.3, -0.25) is 0 Å². The summed E-state index contributed by atoms with van der Waals surface area (Å²) in [6, 6.07) is 8.23. The van der Waals surface area contributed by atoms with E-state index in [0.29, 0.717) is 11.6 Å². The molecule has 0 bridgehead atoms. The van der Waals surface area contributed by atoms with E-state index >= 15 is 0 Å². The zero-order chi connectivity index (χ0) is 12.8. The van der Waals surface area contributed by atoms with Gasteiger partial charge >= 0.3 is 0 Å². The summed E-state index contributed by atoms with van der Waals surface area (Å²) in [4.78, 5) is 7.95. The first-order valence-electron chi connectivity index (χ1n) is 4.86. The van der Waals surface area contributed by atoms with Crippen LogP contribution in [-0.2, 0) is 0 Å². The molecule has 18 heavy (non-hydrogen) atoms. The van der Waals surface area contributed by atoms with Gasteiger partial charge in [0.1, 0.15) is 0 Å². The molecule has 0 amide bonds. The van der Waals surface area contributed by atoms with Gasteiger partial charge in [-0.1, -0.05) is 6.07 Å². The van der Waals surface area contributed by atoms with Crippen molar-refractivity contribution in [2.45, 2.75) is 0 Å². The van der Waals surface area contributed by atoms with Crippen LogP contribution >= 0.6 is 9.47 Å². The van der Waals surface area contributed by atoms with Crippen LogP contribution in [0.15, 0.2) is 36.5 Å². The average Bonchev–Trinajstić information content (AvgIpc) is 2.40. The van der Waals surface area contributed by atoms with E-state index in [1.165, 1.54) is 6.26 Å². The Hall–Kier alpha value is -2.38. The third-order valence-corrected chi connectivity index (χ3v) is 2.13. The molecular formula is C11H8N3O3P. The second kappa shape index (κ2) is 5.80. The molecule has 0 fully saturated rings. The molecule has 0 spiro atoms. The van der Waals surface area contributed by atoms with Crippen LogP contribution in [0.3, 0.4) is 0 Å². The maximum atomic E-state index is 8.40. The first-order valence-corrected chi connectivity index (χ1v) is 5.33. The highest BCUT2D eigenvalue weighted by Crippen LogP contribution is 2.29. The third-order valence-electron chi connectivity index (χ3n) is 1.91. The quantitative estimate of drug-likeness (QED) is 0.620. The summed E-state index contributed by atoms with van der Waals surface area (Å²) in [5, 5.41) is 8.40. The maximum Gasteiger partial charge on any atom is 0.293 e. The molecule has 0 saturated carbocycles. The van der Waals surface area contributed by atoms with Gasteiger partial charge < -0.3 is 14.0 Å². The van der Waals surface area contributed by atoms with Gasteiger partial charge in [0.25, 0.3) is 12.1 Å². The molecule has 2 rings (SSSR count). The first kappa shape index (κ1) is 12.1. The van der Waals surface area contributed by atoms with Gasteiger partial charge in [0.15, 0.2) is 5.75 Å². The summed E-state index contributed by atoms with van der Waals surface area (Å²) in [6.45, 7) is 0. The standard InChI is InChI=1S/C11H8N3O3P/c12-7-15-9-4-1-5-10(14-9)16-8-3-2-6-13-11(8)17-18/h1-6H,18H2. The molecule has 0 aromatic carbocycles. The number of pyridine rings is 2. The van der Waals surface area contributed by atoms with Crippen LogP contribution in [0, 0.1) is 11.5 Å². The molecule has 2 aromatic rings. The number of hydrogen-bond donors (Lipinski definition) is 0. The molecule has 0 aliphatic rings. The van der Waals surface area contributed by atoms with Gasteiger partial charge in [0.2, 0.25) is 11.8 Å². The highest BCUT2D eigenvalue weighted by molar-refractivity contribution is 7.10. The molecular weight excluding hydrogens is 253 g/mol. The molecule has 0 aliphatic carbocycles. The molecule has 1 unspecified atom stereocenters. The minimum absolute atomic E-state index is 0.159. The van der Waals surface area contributed by atoms with Gasteiger partial charge in [0.05, 0.1) is 9.47 Å². The fourth-order valence-electron chi connectivity index (χ4n) is 1.21. The van der Waals surface area contributed by atoms with Crippen molar-refractivity contribution >= 4 is 9.47 Å². The Kier molecular flexibility index (Phi) is 3.90. The molecule has 1 atom stereocenters. The Labute approximate surface area is 105 Å². The second-order valence-electron chi connectivity index (χ2n) is 3.03. The van der Waals surface area contributed by atoms with Crippen LogP contribution < -0.4 is 14.0 Å². The van der Waals surface area contributed by atoms with Crippen molar-refractivity contribution in [2.24, 2.45) is 0 Å². The van der Waals surface area contributed by atoms with Crippen molar-refractivity contribution in [2.75, 3.05) is 0 Å².